The number of halogens is 1. The molecule has 0 heterocycles. The molecule has 3 aromatic rings. The van der Waals surface area contributed by atoms with E-state index >= 15 is 0 Å². The molecule has 0 aliphatic carbocycles. The van der Waals surface area contributed by atoms with Crippen molar-refractivity contribution in [2.75, 3.05) is 12.4 Å². The zero-order valence-corrected chi connectivity index (χ0v) is 18.3. The molecule has 0 aromatic heterocycles. The lowest BCUT2D eigenvalue weighted by atomic mass is 10.2. The molecule has 7 nitrogen and oxygen atoms in total. The first kappa shape index (κ1) is 22.8. The van der Waals surface area contributed by atoms with E-state index in [0.717, 1.165) is 5.56 Å². The molecule has 164 valence electrons. The van der Waals surface area contributed by atoms with E-state index in [1.165, 1.54) is 13.1 Å². The van der Waals surface area contributed by atoms with Gasteiger partial charge in [-0.1, -0.05) is 29.8 Å². The van der Waals surface area contributed by atoms with Gasteiger partial charge in [0.05, 0.1) is 13.3 Å². The molecule has 0 saturated carbocycles. The minimum Gasteiger partial charge on any atom is -0.493 e. The SMILES string of the molecule is COc1cc(C=NNC(=O)c2ccc(NC(C)=O)cc2)ccc1OCc1ccccc1Cl. The van der Waals surface area contributed by atoms with Gasteiger partial charge in [-0.3, -0.25) is 9.59 Å². The highest BCUT2D eigenvalue weighted by Gasteiger charge is 2.08. The van der Waals surface area contributed by atoms with Crippen LogP contribution in [0.2, 0.25) is 5.02 Å². The van der Waals surface area contributed by atoms with Gasteiger partial charge in [0, 0.05) is 28.8 Å². The van der Waals surface area contributed by atoms with Gasteiger partial charge in [-0.15, -0.1) is 0 Å². The van der Waals surface area contributed by atoms with Gasteiger partial charge >= 0.3 is 0 Å². The highest BCUT2D eigenvalue weighted by Crippen LogP contribution is 2.29. The predicted octanol–water partition coefficient (Wildman–Crippen LogP) is 4.65. The number of ether oxygens (including phenoxy) is 2. The Morgan fingerprint density at radius 2 is 1.78 bits per heavy atom. The zero-order valence-electron chi connectivity index (χ0n) is 17.6. The van der Waals surface area contributed by atoms with E-state index in [0.29, 0.717) is 39.9 Å². The van der Waals surface area contributed by atoms with Crippen molar-refractivity contribution in [3.8, 4) is 11.5 Å². The molecule has 3 aromatic carbocycles. The van der Waals surface area contributed by atoms with E-state index in [9.17, 15) is 9.59 Å². The highest BCUT2D eigenvalue weighted by molar-refractivity contribution is 6.31. The molecule has 0 saturated heterocycles. The van der Waals surface area contributed by atoms with Gasteiger partial charge in [0.15, 0.2) is 11.5 Å². The van der Waals surface area contributed by atoms with Crippen LogP contribution in [0.4, 0.5) is 5.69 Å². The Labute approximate surface area is 191 Å². The first-order valence-corrected chi connectivity index (χ1v) is 10.1. The number of rotatable bonds is 8. The second-order valence-corrected chi connectivity index (χ2v) is 7.16. The Morgan fingerprint density at radius 3 is 2.47 bits per heavy atom. The van der Waals surface area contributed by atoms with Gasteiger partial charge in [-0.25, -0.2) is 5.43 Å². The minimum absolute atomic E-state index is 0.178. The lowest BCUT2D eigenvalue weighted by molar-refractivity contribution is -0.114. The summed E-state index contributed by atoms with van der Waals surface area (Å²) in [5.74, 6) is 0.540. The number of nitrogens with zero attached hydrogens (tertiary/aromatic N) is 1. The summed E-state index contributed by atoms with van der Waals surface area (Å²) in [6, 6.07) is 19.3. The van der Waals surface area contributed by atoms with E-state index < -0.39 is 0 Å². The summed E-state index contributed by atoms with van der Waals surface area (Å²) in [4.78, 5) is 23.3. The van der Waals surface area contributed by atoms with Crippen LogP contribution in [0.25, 0.3) is 0 Å². The van der Waals surface area contributed by atoms with Crippen LogP contribution in [0.3, 0.4) is 0 Å². The molecular formula is C24H22ClN3O4. The maximum atomic E-state index is 12.2. The number of benzene rings is 3. The maximum absolute atomic E-state index is 12.2. The fourth-order valence-corrected chi connectivity index (χ4v) is 2.98. The Balaban J connectivity index is 1.60. The van der Waals surface area contributed by atoms with Gasteiger partial charge in [-0.2, -0.15) is 5.10 Å². The van der Waals surface area contributed by atoms with Gasteiger partial charge in [0.25, 0.3) is 5.91 Å². The third-order valence-electron chi connectivity index (χ3n) is 4.38. The van der Waals surface area contributed by atoms with Gasteiger partial charge in [0.1, 0.15) is 6.61 Å². The fourth-order valence-electron chi connectivity index (χ4n) is 2.79. The molecule has 32 heavy (non-hydrogen) atoms. The highest BCUT2D eigenvalue weighted by atomic mass is 35.5. The van der Waals surface area contributed by atoms with Crippen LogP contribution < -0.4 is 20.2 Å². The first-order valence-electron chi connectivity index (χ1n) is 9.71. The van der Waals surface area contributed by atoms with Crippen LogP contribution in [-0.4, -0.2) is 25.1 Å². The number of hydrogen-bond donors (Lipinski definition) is 2. The van der Waals surface area contributed by atoms with Crippen molar-refractivity contribution in [2.45, 2.75) is 13.5 Å². The summed E-state index contributed by atoms with van der Waals surface area (Å²) in [6.45, 7) is 1.72. The molecule has 0 radical (unpaired) electrons. The molecule has 0 atom stereocenters. The quantitative estimate of drug-likeness (QED) is 0.385. The summed E-state index contributed by atoms with van der Waals surface area (Å²) in [7, 11) is 1.55. The maximum Gasteiger partial charge on any atom is 0.271 e. The average molecular weight is 452 g/mol. The van der Waals surface area contributed by atoms with Gasteiger partial charge < -0.3 is 14.8 Å². The van der Waals surface area contributed by atoms with E-state index in [1.54, 1.807) is 49.6 Å². The number of anilines is 1. The molecule has 0 spiro atoms. The summed E-state index contributed by atoms with van der Waals surface area (Å²) < 4.78 is 11.2. The fraction of sp³-hybridized carbons (Fsp3) is 0.125. The number of nitrogens with one attached hydrogen (secondary N) is 2. The van der Waals surface area contributed by atoms with Crippen molar-refractivity contribution in [3.63, 3.8) is 0 Å². The molecule has 0 fully saturated rings. The molecule has 3 rings (SSSR count). The summed E-state index contributed by atoms with van der Waals surface area (Å²) >= 11 is 6.16. The van der Waals surface area contributed by atoms with Crippen molar-refractivity contribution in [1.29, 1.82) is 0 Å². The summed E-state index contributed by atoms with van der Waals surface area (Å²) in [6.07, 6.45) is 1.50. The van der Waals surface area contributed by atoms with Gasteiger partial charge in [-0.05, 0) is 54.1 Å². The molecule has 0 aliphatic rings. The smallest absolute Gasteiger partial charge is 0.271 e. The zero-order chi connectivity index (χ0) is 22.9. The number of carbonyl (C=O) groups is 2. The third kappa shape index (κ3) is 6.33. The van der Waals surface area contributed by atoms with Crippen LogP contribution in [0.15, 0.2) is 71.8 Å². The average Bonchev–Trinajstić information content (AvgIpc) is 2.79. The molecule has 8 heteroatoms. The van der Waals surface area contributed by atoms with E-state index in [2.05, 4.69) is 15.8 Å². The number of hydrogen-bond acceptors (Lipinski definition) is 5. The minimum atomic E-state index is -0.373. The monoisotopic (exact) mass is 451 g/mol. The van der Waals surface area contributed by atoms with E-state index in [4.69, 9.17) is 21.1 Å². The van der Waals surface area contributed by atoms with Crippen LogP contribution >= 0.6 is 11.6 Å². The first-order chi connectivity index (χ1) is 15.5. The molecule has 0 unspecified atom stereocenters. The second-order valence-electron chi connectivity index (χ2n) is 6.75. The van der Waals surface area contributed by atoms with Crippen LogP contribution in [0, 0.1) is 0 Å². The van der Waals surface area contributed by atoms with Crippen molar-refractivity contribution < 1.29 is 19.1 Å². The summed E-state index contributed by atoms with van der Waals surface area (Å²) in [5.41, 5.74) is 5.08. The largest absolute Gasteiger partial charge is 0.493 e. The second kappa shape index (κ2) is 11.0. The van der Waals surface area contributed by atoms with E-state index in [1.807, 2.05) is 24.3 Å². The van der Waals surface area contributed by atoms with E-state index in [-0.39, 0.29) is 11.8 Å². The number of carbonyl (C=O) groups excluding carboxylic acids is 2. The molecule has 0 bridgehead atoms. The Kier molecular flexibility index (Phi) is 7.83. The standard InChI is InChI=1S/C24H22ClN3O4/c1-16(29)27-20-10-8-18(9-11-20)24(30)28-26-14-17-7-12-22(23(13-17)31-2)32-15-19-5-3-4-6-21(19)25/h3-14H,15H2,1-2H3,(H,27,29)(H,28,30). The molecule has 2 amide bonds. The molecule has 2 N–H and O–H groups in total. The number of hydrazone groups is 1. The Hall–Kier alpha value is -3.84. The Morgan fingerprint density at radius 1 is 1.03 bits per heavy atom. The molecular weight excluding hydrogens is 430 g/mol. The summed E-state index contributed by atoms with van der Waals surface area (Å²) in [5, 5.41) is 7.27. The van der Waals surface area contributed by atoms with Crippen molar-refractivity contribution in [2.24, 2.45) is 5.10 Å². The van der Waals surface area contributed by atoms with Crippen molar-refractivity contribution >= 4 is 35.3 Å². The Bertz CT molecular complexity index is 1130. The van der Waals surface area contributed by atoms with Gasteiger partial charge in [0.2, 0.25) is 5.91 Å². The topological polar surface area (TPSA) is 89.0 Å². The molecule has 0 aliphatic heterocycles. The third-order valence-corrected chi connectivity index (χ3v) is 4.74. The lowest BCUT2D eigenvalue weighted by Gasteiger charge is -2.12. The van der Waals surface area contributed by atoms with Crippen LogP contribution in [0.5, 0.6) is 11.5 Å². The number of amides is 2. The number of methoxy groups -OCH3 is 1. The van der Waals surface area contributed by atoms with Crippen molar-refractivity contribution in [1.82, 2.24) is 5.43 Å². The van der Waals surface area contributed by atoms with Crippen molar-refractivity contribution in [3.05, 3.63) is 88.4 Å². The predicted molar refractivity (Wildman–Crippen MR) is 125 cm³/mol. The normalized spacial score (nSPS) is 10.6. The lowest BCUT2D eigenvalue weighted by Crippen LogP contribution is -2.17. The van der Waals surface area contributed by atoms with Crippen LogP contribution in [-0.2, 0) is 11.4 Å². The van der Waals surface area contributed by atoms with Crippen LogP contribution in [0.1, 0.15) is 28.4 Å².